The van der Waals surface area contributed by atoms with Gasteiger partial charge in [-0.05, 0) is 24.6 Å². The van der Waals surface area contributed by atoms with Gasteiger partial charge < -0.3 is 15.4 Å². The number of hydrogen-bond donors (Lipinski definition) is 4. The molecule has 2 aliphatic rings. The van der Waals surface area contributed by atoms with Gasteiger partial charge in [0.2, 0.25) is 5.91 Å². The molecule has 0 radical (unpaired) electrons. The van der Waals surface area contributed by atoms with Crippen LogP contribution < -0.4 is 26.2 Å². The molecular weight excluding hydrogens is 300 g/mol. The van der Waals surface area contributed by atoms with Crippen molar-refractivity contribution in [2.75, 3.05) is 7.11 Å². The third kappa shape index (κ3) is 3.29. The molecule has 2 heterocycles. The van der Waals surface area contributed by atoms with Crippen LogP contribution in [-0.2, 0) is 21.0 Å². The zero-order valence-corrected chi connectivity index (χ0v) is 13.0. The topological polar surface area (TPSA) is 101 Å². The number of hydroxylamine groups is 1. The first-order valence-corrected chi connectivity index (χ1v) is 7.46. The predicted octanol–water partition coefficient (Wildman–Crippen LogP) is -0.777. The number of amides is 2. The fourth-order valence-corrected chi connectivity index (χ4v) is 2.75. The summed E-state index contributed by atoms with van der Waals surface area (Å²) in [6, 6.07) is 7.31. The molecule has 1 aromatic rings. The summed E-state index contributed by atoms with van der Waals surface area (Å²) in [6.45, 7) is 2.20. The van der Waals surface area contributed by atoms with E-state index in [4.69, 9.17) is 9.57 Å². The van der Waals surface area contributed by atoms with E-state index in [2.05, 4.69) is 21.4 Å². The van der Waals surface area contributed by atoms with E-state index in [0.29, 0.717) is 6.54 Å². The zero-order chi connectivity index (χ0) is 16.4. The number of carbonyl (C=O) groups is 2. The number of ether oxygens (including phenoxy) is 1. The van der Waals surface area contributed by atoms with Crippen molar-refractivity contribution >= 4 is 11.8 Å². The Morgan fingerprint density at radius 2 is 2.26 bits per heavy atom. The summed E-state index contributed by atoms with van der Waals surface area (Å²) in [5.41, 5.74) is 3.66. The van der Waals surface area contributed by atoms with Crippen molar-refractivity contribution in [1.29, 1.82) is 0 Å². The molecular formula is C15H20N4O4. The second kappa shape index (κ2) is 6.53. The van der Waals surface area contributed by atoms with Crippen molar-refractivity contribution in [3.63, 3.8) is 0 Å². The summed E-state index contributed by atoms with van der Waals surface area (Å²) in [7, 11) is 1.59. The van der Waals surface area contributed by atoms with Crippen LogP contribution in [0.3, 0.4) is 0 Å². The first-order chi connectivity index (χ1) is 11.1. The smallest absolute Gasteiger partial charge is 0.257 e. The summed E-state index contributed by atoms with van der Waals surface area (Å²) in [6.07, 6.45) is -1.33. The van der Waals surface area contributed by atoms with Gasteiger partial charge >= 0.3 is 0 Å². The molecule has 0 bridgehead atoms. The van der Waals surface area contributed by atoms with Crippen molar-refractivity contribution in [2.45, 2.75) is 31.9 Å². The van der Waals surface area contributed by atoms with Crippen LogP contribution in [0.25, 0.3) is 0 Å². The van der Waals surface area contributed by atoms with Crippen LogP contribution in [0.5, 0.6) is 5.75 Å². The second-order valence-corrected chi connectivity index (χ2v) is 5.65. The van der Waals surface area contributed by atoms with E-state index in [-0.39, 0.29) is 23.8 Å². The lowest BCUT2D eigenvalue weighted by atomic mass is 9.97. The molecule has 124 valence electrons. The molecule has 4 atom stereocenters. The minimum atomic E-state index is -0.818. The Balaban J connectivity index is 1.57. The molecule has 8 heteroatoms. The number of rotatable bonds is 4. The standard InChI is InChI=1S/C15H20N4O4/c1-8-11-13(20)17-12(18-15(11)23-19-8)14(21)16-7-9-4-3-5-10(6-9)22-2/h3-6,8,11-12,15,18-19H,7H2,1-2H3,(H,16,21)(H,17,20). The average molecular weight is 320 g/mol. The lowest BCUT2D eigenvalue weighted by Crippen LogP contribution is -2.66. The van der Waals surface area contributed by atoms with Gasteiger partial charge in [0.25, 0.3) is 5.91 Å². The van der Waals surface area contributed by atoms with Crippen molar-refractivity contribution in [3.05, 3.63) is 29.8 Å². The van der Waals surface area contributed by atoms with Crippen molar-refractivity contribution in [1.82, 2.24) is 21.4 Å². The minimum Gasteiger partial charge on any atom is -0.497 e. The molecule has 0 spiro atoms. The molecule has 0 aliphatic carbocycles. The Kier molecular flexibility index (Phi) is 4.46. The van der Waals surface area contributed by atoms with Gasteiger partial charge in [-0.3, -0.25) is 19.7 Å². The van der Waals surface area contributed by atoms with Crippen LogP contribution in [0, 0.1) is 5.92 Å². The summed E-state index contributed by atoms with van der Waals surface area (Å²) < 4.78 is 5.14. The van der Waals surface area contributed by atoms with Crippen LogP contribution in [0.4, 0.5) is 0 Å². The number of benzene rings is 1. The monoisotopic (exact) mass is 320 g/mol. The van der Waals surface area contributed by atoms with Gasteiger partial charge in [-0.25, -0.2) is 0 Å². The normalized spacial score (nSPS) is 29.6. The van der Waals surface area contributed by atoms with Gasteiger partial charge in [0.15, 0.2) is 6.17 Å². The third-order valence-electron chi connectivity index (χ3n) is 4.03. The Labute approximate surface area is 133 Å². The zero-order valence-electron chi connectivity index (χ0n) is 13.0. The van der Waals surface area contributed by atoms with Crippen LogP contribution in [0.15, 0.2) is 24.3 Å². The van der Waals surface area contributed by atoms with Gasteiger partial charge in [0, 0.05) is 12.6 Å². The number of hydrogen-bond acceptors (Lipinski definition) is 6. The molecule has 4 N–H and O–H groups in total. The SMILES string of the molecule is COc1cccc(CNC(=O)C2NC(=O)C3C(C)NOC3N2)c1. The first-order valence-electron chi connectivity index (χ1n) is 7.46. The van der Waals surface area contributed by atoms with E-state index in [1.54, 1.807) is 7.11 Å². The molecule has 3 rings (SSSR count). The molecule has 0 aromatic heterocycles. The quantitative estimate of drug-likeness (QED) is 0.581. The number of carbonyl (C=O) groups excluding carboxylic acids is 2. The van der Waals surface area contributed by atoms with Crippen LogP contribution in [0.1, 0.15) is 12.5 Å². The maximum Gasteiger partial charge on any atom is 0.257 e. The van der Waals surface area contributed by atoms with Crippen LogP contribution in [-0.4, -0.2) is 37.4 Å². The van der Waals surface area contributed by atoms with Gasteiger partial charge in [-0.1, -0.05) is 12.1 Å². The predicted molar refractivity (Wildman–Crippen MR) is 80.9 cm³/mol. The highest BCUT2D eigenvalue weighted by atomic mass is 16.7. The molecule has 2 aliphatic heterocycles. The van der Waals surface area contributed by atoms with Gasteiger partial charge in [0.05, 0.1) is 13.0 Å². The molecule has 0 saturated carbocycles. The highest BCUT2D eigenvalue weighted by molar-refractivity contribution is 5.90. The van der Waals surface area contributed by atoms with Crippen molar-refractivity contribution in [3.8, 4) is 5.75 Å². The summed E-state index contributed by atoms with van der Waals surface area (Å²) >= 11 is 0. The summed E-state index contributed by atoms with van der Waals surface area (Å²) in [5, 5.41) is 8.44. The largest absolute Gasteiger partial charge is 0.497 e. The number of fused-ring (bicyclic) bond motifs is 1. The Bertz CT molecular complexity index is 609. The fourth-order valence-electron chi connectivity index (χ4n) is 2.75. The Morgan fingerprint density at radius 3 is 3.04 bits per heavy atom. The van der Waals surface area contributed by atoms with Crippen LogP contribution in [0.2, 0.25) is 0 Å². The maximum absolute atomic E-state index is 12.2. The lowest BCUT2D eigenvalue weighted by molar-refractivity contribution is -0.140. The average Bonchev–Trinajstić information content (AvgIpc) is 2.94. The molecule has 1 aromatic carbocycles. The molecule has 2 fully saturated rings. The summed E-state index contributed by atoms with van der Waals surface area (Å²) in [4.78, 5) is 29.6. The van der Waals surface area contributed by atoms with E-state index in [1.807, 2.05) is 31.2 Å². The molecule has 4 unspecified atom stereocenters. The van der Waals surface area contributed by atoms with E-state index < -0.39 is 12.4 Å². The molecule has 2 amide bonds. The highest BCUT2D eigenvalue weighted by Crippen LogP contribution is 2.21. The minimum absolute atomic E-state index is 0.103. The molecule has 8 nitrogen and oxygen atoms in total. The van der Waals surface area contributed by atoms with Crippen LogP contribution >= 0.6 is 0 Å². The Morgan fingerprint density at radius 1 is 1.43 bits per heavy atom. The van der Waals surface area contributed by atoms with E-state index in [1.165, 1.54) is 0 Å². The maximum atomic E-state index is 12.2. The number of nitrogens with one attached hydrogen (secondary N) is 4. The van der Waals surface area contributed by atoms with E-state index in [9.17, 15) is 9.59 Å². The van der Waals surface area contributed by atoms with Gasteiger partial charge in [0.1, 0.15) is 12.0 Å². The lowest BCUT2D eigenvalue weighted by Gasteiger charge is -2.31. The van der Waals surface area contributed by atoms with Crippen molar-refractivity contribution < 1.29 is 19.2 Å². The van der Waals surface area contributed by atoms with Gasteiger partial charge in [-0.2, -0.15) is 5.48 Å². The first kappa shape index (κ1) is 15.7. The van der Waals surface area contributed by atoms with Gasteiger partial charge in [-0.15, -0.1) is 0 Å². The fraction of sp³-hybridized carbons (Fsp3) is 0.467. The third-order valence-corrected chi connectivity index (χ3v) is 4.03. The van der Waals surface area contributed by atoms with Crippen molar-refractivity contribution in [2.24, 2.45) is 5.92 Å². The highest BCUT2D eigenvalue weighted by Gasteiger charge is 2.46. The summed E-state index contributed by atoms with van der Waals surface area (Å²) in [5.74, 6) is -0.143. The molecule has 23 heavy (non-hydrogen) atoms. The van der Waals surface area contributed by atoms with E-state index >= 15 is 0 Å². The molecule has 2 saturated heterocycles. The van der Waals surface area contributed by atoms with E-state index in [0.717, 1.165) is 11.3 Å². The number of methoxy groups -OCH3 is 1. The Hall–Kier alpha value is -2.16. The second-order valence-electron chi connectivity index (χ2n) is 5.65.